The minimum absolute atomic E-state index is 0.00343. The molecule has 1 saturated carbocycles. The number of rotatable bonds is 2. The van der Waals surface area contributed by atoms with Crippen LogP contribution >= 0.6 is 0 Å². The highest BCUT2D eigenvalue weighted by molar-refractivity contribution is 5.86. The molecule has 0 spiro atoms. The summed E-state index contributed by atoms with van der Waals surface area (Å²) in [6.45, 7) is 4.51. The molecule has 1 aromatic rings. The van der Waals surface area contributed by atoms with Gasteiger partial charge in [0.25, 0.3) is 0 Å². The number of carbonyl (C=O) groups excluding carboxylic acids is 1. The second-order valence-electron chi connectivity index (χ2n) is 4.87. The third kappa shape index (κ3) is 0.998. The Balaban J connectivity index is 1.99. The van der Waals surface area contributed by atoms with E-state index in [0.29, 0.717) is 18.4 Å². The second kappa shape index (κ2) is 3.09. The summed E-state index contributed by atoms with van der Waals surface area (Å²) in [4.78, 5) is 12.1. The van der Waals surface area contributed by atoms with Gasteiger partial charge in [-0.15, -0.1) is 0 Å². The van der Waals surface area contributed by atoms with Crippen molar-refractivity contribution in [1.29, 1.82) is 0 Å². The first kappa shape index (κ1) is 9.88. The topological polar surface area (TPSA) is 26.3 Å². The van der Waals surface area contributed by atoms with Crippen molar-refractivity contribution >= 4 is 5.97 Å². The van der Waals surface area contributed by atoms with Crippen LogP contribution in [0.3, 0.4) is 0 Å². The molecule has 0 aliphatic heterocycles. The minimum Gasteiger partial charge on any atom is -0.466 e. The van der Waals surface area contributed by atoms with Gasteiger partial charge in [-0.3, -0.25) is 4.79 Å². The molecule has 3 rings (SSSR count). The summed E-state index contributed by atoms with van der Waals surface area (Å²) in [7, 11) is 0. The molecule has 3 atom stereocenters. The van der Waals surface area contributed by atoms with Crippen LogP contribution in [0, 0.1) is 5.41 Å². The highest BCUT2D eigenvalue weighted by atomic mass is 16.5. The van der Waals surface area contributed by atoms with Gasteiger partial charge in [0.15, 0.2) is 0 Å². The largest absolute Gasteiger partial charge is 0.466 e. The molecule has 2 aliphatic carbocycles. The summed E-state index contributed by atoms with van der Waals surface area (Å²) < 4.78 is 5.23. The smallest absolute Gasteiger partial charge is 0.313 e. The van der Waals surface area contributed by atoms with E-state index in [1.807, 2.05) is 6.92 Å². The van der Waals surface area contributed by atoms with E-state index in [4.69, 9.17) is 4.74 Å². The molecule has 84 valence electrons. The van der Waals surface area contributed by atoms with Crippen LogP contribution in [0.4, 0.5) is 0 Å². The molecule has 2 heteroatoms. The fraction of sp³-hybridized carbons (Fsp3) is 0.500. The zero-order chi connectivity index (χ0) is 11.3. The number of fused-ring (bicyclic) bond motifs is 3. The third-order valence-corrected chi connectivity index (χ3v) is 4.27. The lowest BCUT2D eigenvalue weighted by molar-refractivity contribution is -0.150. The lowest BCUT2D eigenvalue weighted by atomic mass is 9.88. The van der Waals surface area contributed by atoms with Gasteiger partial charge in [-0.05, 0) is 30.4 Å². The predicted octanol–water partition coefficient (Wildman–Crippen LogP) is 2.84. The molecule has 1 fully saturated rings. The average Bonchev–Trinajstić information content (AvgIpc) is 3.00. The van der Waals surface area contributed by atoms with E-state index < -0.39 is 0 Å². The molecule has 0 unspecified atom stereocenters. The fourth-order valence-electron chi connectivity index (χ4n) is 3.31. The van der Waals surface area contributed by atoms with Crippen molar-refractivity contribution < 1.29 is 9.53 Å². The first-order valence-electron chi connectivity index (χ1n) is 5.98. The van der Waals surface area contributed by atoms with Crippen LogP contribution in [-0.4, -0.2) is 12.6 Å². The Morgan fingerprint density at radius 2 is 2.12 bits per heavy atom. The maximum Gasteiger partial charge on any atom is 0.313 e. The Bertz CT molecular complexity index is 437. The predicted molar refractivity (Wildman–Crippen MR) is 61.3 cm³/mol. The van der Waals surface area contributed by atoms with Crippen molar-refractivity contribution in [2.75, 3.05) is 6.61 Å². The molecule has 0 aromatic heterocycles. The number of hydrogen-bond donors (Lipinski definition) is 0. The molecule has 1 aromatic carbocycles. The Labute approximate surface area is 95.6 Å². The summed E-state index contributed by atoms with van der Waals surface area (Å²) >= 11 is 0. The van der Waals surface area contributed by atoms with Gasteiger partial charge in [-0.1, -0.05) is 31.2 Å². The Morgan fingerprint density at radius 1 is 1.44 bits per heavy atom. The summed E-state index contributed by atoms with van der Waals surface area (Å²) in [5.74, 6) is 0.731. The molecular formula is C14H16O2. The second-order valence-corrected chi connectivity index (χ2v) is 4.87. The molecular weight excluding hydrogens is 200 g/mol. The van der Waals surface area contributed by atoms with E-state index in [2.05, 4.69) is 31.2 Å². The molecule has 0 saturated heterocycles. The van der Waals surface area contributed by atoms with Crippen LogP contribution in [0.25, 0.3) is 0 Å². The highest BCUT2D eigenvalue weighted by Crippen LogP contribution is 2.72. The quantitative estimate of drug-likeness (QED) is 0.710. The van der Waals surface area contributed by atoms with E-state index in [-0.39, 0.29) is 11.4 Å². The van der Waals surface area contributed by atoms with Crippen molar-refractivity contribution in [3.05, 3.63) is 35.4 Å². The van der Waals surface area contributed by atoms with Crippen molar-refractivity contribution in [1.82, 2.24) is 0 Å². The van der Waals surface area contributed by atoms with Crippen LogP contribution in [0.15, 0.2) is 24.3 Å². The molecule has 2 nitrogen and oxygen atoms in total. The zero-order valence-electron chi connectivity index (χ0n) is 9.69. The normalized spacial score (nSPS) is 34.1. The number of ether oxygens (including phenoxy) is 1. The van der Waals surface area contributed by atoms with E-state index in [1.54, 1.807) is 0 Å². The summed E-state index contributed by atoms with van der Waals surface area (Å²) in [6, 6.07) is 8.42. The van der Waals surface area contributed by atoms with Crippen molar-refractivity contribution in [2.24, 2.45) is 5.41 Å². The van der Waals surface area contributed by atoms with Crippen LogP contribution in [-0.2, 0) is 9.53 Å². The monoisotopic (exact) mass is 216 g/mol. The Kier molecular flexibility index (Phi) is 1.91. The molecule has 0 bridgehead atoms. The van der Waals surface area contributed by atoms with Crippen molar-refractivity contribution in [3.8, 4) is 0 Å². The molecule has 0 amide bonds. The first-order valence-corrected chi connectivity index (χ1v) is 5.98. The summed E-state index contributed by atoms with van der Waals surface area (Å²) in [5.41, 5.74) is 2.48. The van der Waals surface area contributed by atoms with Crippen molar-refractivity contribution in [2.45, 2.75) is 32.1 Å². The average molecular weight is 216 g/mol. The zero-order valence-corrected chi connectivity index (χ0v) is 9.69. The maximum absolute atomic E-state index is 12.1. The van der Waals surface area contributed by atoms with Crippen LogP contribution in [0.2, 0.25) is 0 Å². The van der Waals surface area contributed by atoms with Gasteiger partial charge in [-0.25, -0.2) is 0 Å². The van der Waals surface area contributed by atoms with Gasteiger partial charge in [0, 0.05) is 5.92 Å². The summed E-state index contributed by atoms with van der Waals surface area (Å²) in [6.07, 6.45) is 0.976. The number of esters is 1. The van der Waals surface area contributed by atoms with E-state index in [0.717, 1.165) is 6.42 Å². The Morgan fingerprint density at radius 3 is 2.75 bits per heavy atom. The molecule has 0 N–H and O–H groups in total. The van der Waals surface area contributed by atoms with E-state index in [1.165, 1.54) is 11.1 Å². The molecule has 0 heterocycles. The summed E-state index contributed by atoms with van der Waals surface area (Å²) in [5, 5.41) is 0. The highest BCUT2D eigenvalue weighted by Gasteiger charge is 2.69. The van der Waals surface area contributed by atoms with Gasteiger partial charge in [0.2, 0.25) is 0 Å². The molecule has 16 heavy (non-hydrogen) atoms. The van der Waals surface area contributed by atoms with Crippen LogP contribution in [0.1, 0.15) is 43.2 Å². The van der Waals surface area contributed by atoms with E-state index in [9.17, 15) is 4.79 Å². The number of benzene rings is 1. The maximum atomic E-state index is 12.1. The number of carbonyl (C=O) groups is 1. The van der Waals surface area contributed by atoms with Gasteiger partial charge >= 0.3 is 5.97 Å². The van der Waals surface area contributed by atoms with Crippen molar-refractivity contribution in [3.63, 3.8) is 0 Å². The first-order chi connectivity index (χ1) is 7.71. The molecule has 2 aliphatic rings. The van der Waals surface area contributed by atoms with Crippen LogP contribution in [0.5, 0.6) is 0 Å². The fourth-order valence-corrected chi connectivity index (χ4v) is 3.31. The lowest BCUT2D eigenvalue weighted by Crippen LogP contribution is -2.23. The lowest BCUT2D eigenvalue weighted by Gasteiger charge is -2.18. The van der Waals surface area contributed by atoms with Gasteiger partial charge < -0.3 is 4.74 Å². The van der Waals surface area contributed by atoms with Gasteiger partial charge in [0.05, 0.1) is 12.0 Å². The number of hydrogen-bond acceptors (Lipinski definition) is 2. The third-order valence-electron chi connectivity index (χ3n) is 4.27. The van der Waals surface area contributed by atoms with Gasteiger partial charge in [-0.2, -0.15) is 0 Å². The van der Waals surface area contributed by atoms with Gasteiger partial charge in [0.1, 0.15) is 0 Å². The molecule has 0 radical (unpaired) electrons. The van der Waals surface area contributed by atoms with E-state index >= 15 is 0 Å². The minimum atomic E-state index is -0.223. The Hall–Kier alpha value is -1.31. The SMILES string of the molecule is CCOC(=O)[C@@]12C[C@@H]1c1ccccc1[C@@H]2C. The standard InChI is InChI=1S/C14H16O2/c1-3-16-13(15)14-8-12(14)11-7-5-4-6-10(11)9(14)2/h4-7,9,12H,3,8H2,1-2H3/t9-,12+,14+/m0/s1. The van der Waals surface area contributed by atoms with Crippen LogP contribution < -0.4 is 0 Å².